The van der Waals surface area contributed by atoms with Crippen LogP contribution in [0.1, 0.15) is 11.6 Å². The summed E-state index contributed by atoms with van der Waals surface area (Å²) in [5, 5.41) is 0.376. The normalized spacial score (nSPS) is 20.7. The second kappa shape index (κ2) is 5.59. The predicted molar refractivity (Wildman–Crippen MR) is 82.6 cm³/mol. The van der Waals surface area contributed by atoms with Crippen LogP contribution in [0.3, 0.4) is 0 Å². The molecule has 2 N–H and O–H groups in total. The average Bonchev–Trinajstić information content (AvgIpc) is 2.52. The number of benzene rings is 2. The van der Waals surface area contributed by atoms with Gasteiger partial charge in [-0.2, -0.15) is 0 Å². The van der Waals surface area contributed by atoms with Crippen LogP contribution in [0.2, 0.25) is 5.02 Å². The molecule has 1 fully saturated rings. The van der Waals surface area contributed by atoms with E-state index in [1.165, 1.54) is 18.1 Å². The minimum absolute atomic E-state index is 0.269. The topological polar surface area (TPSA) is 55.6 Å². The van der Waals surface area contributed by atoms with Crippen LogP contribution in [0.15, 0.2) is 42.5 Å². The largest absolute Gasteiger partial charge is 0.495 e. The number of nitrogens with two attached hydrogens (primary N) is 1. The maximum Gasteiger partial charge on any atom is 0.247 e. The van der Waals surface area contributed by atoms with Gasteiger partial charge in [-0.3, -0.25) is 4.79 Å². The lowest BCUT2D eigenvalue weighted by Gasteiger charge is -2.45. The molecule has 3 rings (SSSR count). The molecular weight excluding hydrogens is 307 g/mol. The third kappa shape index (κ3) is 2.23. The van der Waals surface area contributed by atoms with E-state index < -0.39 is 12.1 Å². The van der Waals surface area contributed by atoms with E-state index in [2.05, 4.69) is 0 Å². The molecule has 2 aromatic rings. The average molecular weight is 321 g/mol. The van der Waals surface area contributed by atoms with Gasteiger partial charge in [0.05, 0.1) is 18.2 Å². The molecule has 0 spiro atoms. The Labute approximate surface area is 132 Å². The molecule has 0 aliphatic carbocycles. The zero-order valence-electron chi connectivity index (χ0n) is 11.8. The van der Waals surface area contributed by atoms with Crippen molar-refractivity contribution in [3.8, 4) is 5.75 Å². The fourth-order valence-corrected chi connectivity index (χ4v) is 2.90. The van der Waals surface area contributed by atoms with E-state index in [0.717, 1.165) is 0 Å². The van der Waals surface area contributed by atoms with E-state index in [1.807, 2.05) is 0 Å². The number of hydrogen-bond donors (Lipinski definition) is 1. The van der Waals surface area contributed by atoms with Crippen LogP contribution in [0.25, 0.3) is 0 Å². The number of nitrogens with zero attached hydrogens (tertiary/aromatic N) is 1. The highest BCUT2D eigenvalue weighted by atomic mass is 35.5. The summed E-state index contributed by atoms with van der Waals surface area (Å²) in [4.78, 5) is 13.6. The summed E-state index contributed by atoms with van der Waals surface area (Å²) in [6, 6.07) is 9.95. The number of carbonyl (C=O) groups excluding carboxylic acids is 1. The van der Waals surface area contributed by atoms with Crippen molar-refractivity contribution in [3.63, 3.8) is 0 Å². The second-order valence-corrected chi connectivity index (χ2v) is 5.43. The minimum atomic E-state index is -0.766. The summed E-state index contributed by atoms with van der Waals surface area (Å²) in [7, 11) is 1.51. The molecule has 0 aromatic heterocycles. The highest BCUT2D eigenvalue weighted by molar-refractivity contribution is 6.32. The number of anilines is 1. The number of rotatable bonds is 3. The van der Waals surface area contributed by atoms with E-state index in [9.17, 15) is 9.18 Å². The van der Waals surface area contributed by atoms with E-state index >= 15 is 0 Å². The number of hydrogen-bond acceptors (Lipinski definition) is 3. The van der Waals surface area contributed by atoms with E-state index in [-0.39, 0.29) is 11.7 Å². The quantitative estimate of drug-likeness (QED) is 0.885. The van der Waals surface area contributed by atoms with Gasteiger partial charge in [0.25, 0.3) is 0 Å². The van der Waals surface area contributed by atoms with Crippen molar-refractivity contribution in [3.05, 3.63) is 58.9 Å². The van der Waals surface area contributed by atoms with Gasteiger partial charge >= 0.3 is 0 Å². The first kappa shape index (κ1) is 14.8. The molecule has 0 unspecified atom stereocenters. The minimum Gasteiger partial charge on any atom is -0.495 e. The van der Waals surface area contributed by atoms with Crippen LogP contribution in [0, 0.1) is 5.82 Å². The Bertz CT molecular complexity index is 738. The Hall–Kier alpha value is -2.11. The molecule has 6 heteroatoms. The van der Waals surface area contributed by atoms with E-state index in [0.29, 0.717) is 22.0 Å². The molecule has 4 nitrogen and oxygen atoms in total. The van der Waals surface area contributed by atoms with Gasteiger partial charge in [-0.05, 0) is 24.3 Å². The molecule has 1 saturated heterocycles. The molecular formula is C16H14ClFN2O2. The SMILES string of the molecule is COc1ccc(N2C(=O)[C@@H](N)[C@@H]2c2ccccc2F)cc1Cl. The molecule has 1 aliphatic rings. The Morgan fingerprint density at radius 1 is 1.27 bits per heavy atom. The maximum atomic E-state index is 14.0. The highest BCUT2D eigenvalue weighted by Gasteiger charge is 2.47. The molecule has 1 amide bonds. The third-order valence-electron chi connectivity index (χ3n) is 3.78. The Kier molecular flexibility index (Phi) is 3.76. The van der Waals surface area contributed by atoms with Gasteiger partial charge in [0.15, 0.2) is 0 Å². The number of halogens is 2. The van der Waals surface area contributed by atoms with Crippen molar-refractivity contribution in [1.82, 2.24) is 0 Å². The number of carbonyl (C=O) groups is 1. The first-order valence-electron chi connectivity index (χ1n) is 6.71. The molecule has 0 radical (unpaired) electrons. The Morgan fingerprint density at radius 2 is 2.00 bits per heavy atom. The van der Waals surface area contributed by atoms with Gasteiger partial charge in [0, 0.05) is 11.3 Å². The lowest BCUT2D eigenvalue weighted by atomic mass is 9.88. The number of amides is 1. The van der Waals surface area contributed by atoms with Gasteiger partial charge in [-0.15, -0.1) is 0 Å². The Balaban J connectivity index is 2.00. The second-order valence-electron chi connectivity index (χ2n) is 5.02. The summed E-state index contributed by atoms with van der Waals surface area (Å²) in [5.41, 5.74) is 6.82. The van der Waals surface area contributed by atoms with Gasteiger partial charge in [-0.1, -0.05) is 29.8 Å². The van der Waals surface area contributed by atoms with Gasteiger partial charge < -0.3 is 15.4 Å². The highest BCUT2D eigenvalue weighted by Crippen LogP contribution is 2.41. The van der Waals surface area contributed by atoms with Crippen molar-refractivity contribution >= 4 is 23.2 Å². The molecule has 1 aliphatic heterocycles. The molecule has 1 heterocycles. The number of ether oxygens (including phenoxy) is 1. The van der Waals surface area contributed by atoms with Crippen LogP contribution in [0.4, 0.5) is 10.1 Å². The predicted octanol–water partition coefficient (Wildman–Crippen LogP) is 2.90. The molecule has 2 atom stereocenters. The zero-order chi connectivity index (χ0) is 15.9. The van der Waals surface area contributed by atoms with E-state index in [4.69, 9.17) is 22.1 Å². The first-order valence-corrected chi connectivity index (χ1v) is 7.09. The van der Waals surface area contributed by atoms with Gasteiger partial charge in [0.2, 0.25) is 5.91 Å². The summed E-state index contributed by atoms with van der Waals surface area (Å²) < 4.78 is 19.1. The summed E-state index contributed by atoms with van der Waals surface area (Å²) in [5.74, 6) is -0.153. The van der Waals surface area contributed by atoms with Crippen LogP contribution in [-0.4, -0.2) is 19.1 Å². The maximum absolute atomic E-state index is 14.0. The van der Waals surface area contributed by atoms with E-state index in [1.54, 1.807) is 36.4 Å². The first-order chi connectivity index (χ1) is 10.5. The molecule has 2 aromatic carbocycles. The molecule has 0 bridgehead atoms. The van der Waals surface area contributed by atoms with Crippen LogP contribution in [0.5, 0.6) is 5.75 Å². The number of β-lactam (4-membered cyclic amide) rings is 1. The monoisotopic (exact) mass is 320 g/mol. The molecule has 0 saturated carbocycles. The Morgan fingerprint density at radius 3 is 2.64 bits per heavy atom. The van der Waals surface area contributed by atoms with Gasteiger partial charge in [0.1, 0.15) is 17.6 Å². The smallest absolute Gasteiger partial charge is 0.247 e. The summed E-state index contributed by atoms with van der Waals surface area (Å²) in [6.07, 6.45) is 0. The lowest BCUT2D eigenvalue weighted by molar-refractivity contribution is -0.126. The zero-order valence-corrected chi connectivity index (χ0v) is 12.5. The van der Waals surface area contributed by atoms with Crippen molar-refractivity contribution in [2.45, 2.75) is 12.1 Å². The molecule has 22 heavy (non-hydrogen) atoms. The molecule has 114 valence electrons. The lowest BCUT2D eigenvalue weighted by Crippen LogP contribution is -2.63. The van der Waals surface area contributed by atoms with Gasteiger partial charge in [-0.25, -0.2) is 4.39 Å². The van der Waals surface area contributed by atoms with Crippen LogP contribution >= 0.6 is 11.6 Å². The standard InChI is InChI=1S/C16H14ClFN2O2/c1-22-13-7-6-9(8-11(13)17)20-15(14(19)16(20)21)10-4-2-3-5-12(10)18/h2-8,14-15H,19H2,1H3/t14-,15-/m0/s1. The van der Waals surface area contributed by atoms with Crippen LogP contribution in [-0.2, 0) is 4.79 Å². The van der Waals surface area contributed by atoms with Crippen molar-refractivity contribution in [2.24, 2.45) is 5.73 Å². The fraction of sp³-hybridized carbons (Fsp3) is 0.188. The van der Waals surface area contributed by atoms with Crippen molar-refractivity contribution < 1.29 is 13.9 Å². The van der Waals surface area contributed by atoms with Crippen LogP contribution < -0.4 is 15.4 Å². The fourth-order valence-electron chi connectivity index (χ4n) is 2.65. The summed E-state index contributed by atoms with van der Waals surface area (Å²) >= 11 is 6.10. The third-order valence-corrected chi connectivity index (χ3v) is 4.07. The summed E-state index contributed by atoms with van der Waals surface area (Å²) in [6.45, 7) is 0. The van der Waals surface area contributed by atoms with Crippen molar-refractivity contribution in [2.75, 3.05) is 12.0 Å². The van der Waals surface area contributed by atoms with Crippen molar-refractivity contribution in [1.29, 1.82) is 0 Å². The number of methoxy groups -OCH3 is 1.